The molecule has 0 aromatic heterocycles. The van der Waals surface area contributed by atoms with Crippen molar-refractivity contribution < 1.29 is 24.1 Å². The largest absolute Gasteiger partial charge is 0.454 e. The summed E-state index contributed by atoms with van der Waals surface area (Å²) in [7, 11) is 2.01. The number of Topliss-reactive ketones (excluding diaryl/α,β-unsaturated/α-hetero) is 1. The van der Waals surface area contributed by atoms with Crippen molar-refractivity contribution in [2.45, 2.75) is 48.5 Å². The fourth-order valence-corrected chi connectivity index (χ4v) is 6.24. The van der Waals surface area contributed by atoms with Crippen molar-refractivity contribution >= 4 is 5.78 Å². The van der Waals surface area contributed by atoms with E-state index in [2.05, 4.69) is 11.0 Å². The van der Waals surface area contributed by atoms with Gasteiger partial charge < -0.3 is 19.3 Å². The average molecular weight is 329 g/mol. The Balaban J connectivity index is 1.70. The third kappa shape index (κ3) is 1.13. The van der Waals surface area contributed by atoms with Gasteiger partial charge in [0.2, 0.25) is 12.6 Å². The Morgan fingerprint density at radius 3 is 2.88 bits per heavy atom. The van der Waals surface area contributed by atoms with Crippen molar-refractivity contribution in [3.05, 3.63) is 23.3 Å². The molecule has 0 radical (unpaired) electrons. The summed E-state index contributed by atoms with van der Waals surface area (Å²) in [6.45, 7) is 1.09. The van der Waals surface area contributed by atoms with Crippen LogP contribution in [0.1, 0.15) is 42.9 Å². The minimum atomic E-state index is -1.72. The lowest BCUT2D eigenvalue weighted by Gasteiger charge is -2.56. The van der Waals surface area contributed by atoms with E-state index in [-0.39, 0.29) is 24.1 Å². The zero-order valence-corrected chi connectivity index (χ0v) is 13.5. The first-order valence-electron chi connectivity index (χ1n) is 8.61. The predicted octanol–water partition coefficient (Wildman–Crippen LogP) is 1.25. The van der Waals surface area contributed by atoms with Gasteiger partial charge in [-0.25, -0.2) is 0 Å². The van der Waals surface area contributed by atoms with Gasteiger partial charge in [-0.05, 0) is 49.7 Å². The minimum absolute atomic E-state index is 0.178. The van der Waals surface area contributed by atoms with Crippen molar-refractivity contribution in [3.63, 3.8) is 0 Å². The van der Waals surface area contributed by atoms with Crippen LogP contribution >= 0.6 is 0 Å². The monoisotopic (exact) mass is 329 g/mol. The molecule has 3 aliphatic heterocycles. The summed E-state index contributed by atoms with van der Waals surface area (Å²) in [6, 6.07) is 4.07. The van der Waals surface area contributed by atoms with E-state index in [1.54, 1.807) is 0 Å². The highest BCUT2D eigenvalue weighted by atomic mass is 16.7. The summed E-state index contributed by atoms with van der Waals surface area (Å²) < 4.78 is 17.2. The van der Waals surface area contributed by atoms with Crippen LogP contribution < -0.4 is 9.47 Å². The third-order valence-corrected chi connectivity index (χ3v) is 7.24. The van der Waals surface area contributed by atoms with Crippen molar-refractivity contribution in [2.75, 3.05) is 20.4 Å². The molecule has 126 valence electrons. The summed E-state index contributed by atoms with van der Waals surface area (Å²) in [5, 5.41) is 11.4. The van der Waals surface area contributed by atoms with Crippen molar-refractivity contribution in [3.8, 4) is 11.5 Å². The van der Waals surface area contributed by atoms with Crippen molar-refractivity contribution in [1.82, 2.24) is 4.90 Å². The number of likely N-dealkylation sites (tertiary alicyclic amines) is 1. The molecule has 0 amide bonds. The third-order valence-electron chi connectivity index (χ3n) is 7.24. The van der Waals surface area contributed by atoms with Crippen LogP contribution in [0.5, 0.6) is 11.5 Å². The van der Waals surface area contributed by atoms with E-state index < -0.39 is 11.3 Å². The Hall–Kier alpha value is -1.63. The van der Waals surface area contributed by atoms with Crippen LogP contribution in [-0.2, 0) is 14.9 Å². The van der Waals surface area contributed by atoms with Crippen LogP contribution in [0.4, 0.5) is 0 Å². The maximum absolute atomic E-state index is 12.7. The van der Waals surface area contributed by atoms with Crippen LogP contribution in [0.3, 0.4) is 0 Å². The van der Waals surface area contributed by atoms with Gasteiger partial charge >= 0.3 is 0 Å². The van der Waals surface area contributed by atoms with Crippen molar-refractivity contribution in [2.24, 2.45) is 0 Å². The van der Waals surface area contributed by atoms with E-state index in [0.717, 1.165) is 36.4 Å². The molecule has 1 aromatic rings. The number of carbonyl (C=O) groups excluding carboxylic acids is 1. The number of nitrogens with zero attached hydrogens (tertiary/aromatic N) is 1. The molecule has 1 saturated carbocycles. The van der Waals surface area contributed by atoms with Gasteiger partial charge in [-0.1, -0.05) is 0 Å². The summed E-state index contributed by atoms with van der Waals surface area (Å²) in [6.07, 6.45) is 2.39. The number of ketones is 1. The topological polar surface area (TPSA) is 68.2 Å². The molecule has 5 aliphatic rings. The van der Waals surface area contributed by atoms with Gasteiger partial charge in [-0.3, -0.25) is 9.69 Å². The summed E-state index contributed by atoms with van der Waals surface area (Å²) in [4.78, 5) is 14.9. The Morgan fingerprint density at radius 2 is 2.04 bits per heavy atom. The number of rotatable bonds is 0. The first-order chi connectivity index (χ1) is 11.5. The van der Waals surface area contributed by atoms with Gasteiger partial charge in [-0.2, -0.15) is 0 Å². The van der Waals surface area contributed by atoms with E-state index in [1.807, 2.05) is 13.1 Å². The number of hydrogen-bond donors (Lipinski definition) is 1. The van der Waals surface area contributed by atoms with Gasteiger partial charge in [0.15, 0.2) is 17.3 Å². The molecule has 4 atom stereocenters. The Labute approximate surface area is 139 Å². The highest BCUT2D eigenvalue weighted by molar-refractivity contribution is 5.90. The quantitative estimate of drug-likeness (QED) is 0.773. The van der Waals surface area contributed by atoms with Crippen LogP contribution in [0.25, 0.3) is 0 Å². The molecular formula is C18H19NO5. The number of likely N-dealkylation sites (N-methyl/N-ethyl adjacent to an activating group) is 1. The molecular weight excluding hydrogens is 310 g/mol. The molecule has 1 N–H and O–H groups in total. The van der Waals surface area contributed by atoms with Crippen molar-refractivity contribution in [1.29, 1.82) is 0 Å². The lowest BCUT2D eigenvalue weighted by atomic mass is 9.51. The fraction of sp³-hybridized carbons (Fsp3) is 0.611. The first-order valence-corrected chi connectivity index (χ1v) is 8.61. The number of aliphatic hydroxyl groups is 1. The second-order valence-corrected chi connectivity index (χ2v) is 7.78. The van der Waals surface area contributed by atoms with Gasteiger partial charge in [0, 0.05) is 18.3 Å². The zero-order chi connectivity index (χ0) is 16.3. The van der Waals surface area contributed by atoms with E-state index >= 15 is 0 Å². The lowest BCUT2D eigenvalue weighted by Crippen LogP contribution is -2.72. The molecule has 24 heavy (non-hydrogen) atoms. The maximum Gasteiger partial charge on any atom is 0.247 e. The zero-order valence-electron chi connectivity index (χ0n) is 13.5. The van der Waals surface area contributed by atoms with E-state index in [4.69, 9.17) is 14.2 Å². The number of hydrogen-bond acceptors (Lipinski definition) is 6. The maximum atomic E-state index is 12.7. The van der Waals surface area contributed by atoms with E-state index in [1.165, 1.54) is 5.56 Å². The smallest absolute Gasteiger partial charge is 0.247 e. The number of fused-ring (bicyclic) bond motifs is 4. The minimum Gasteiger partial charge on any atom is -0.454 e. The second-order valence-electron chi connectivity index (χ2n) is 7.78. The summed E-state index contributed by atoms with van der Waals surface area (Å²) >= 11 is 0. The molecule has 3 heterocycles. The fourth-order valence-electron chi connectivity index (χ4n) is 6.24. The Kier molecular flexibility index (Phi) is 2.15. The van der Waals surface area contributed by atoms with Gasteiger partial charge in [-0.15, -0.1) is 0 Å². The molecule has 3 fully saturated rings. The molecule has 6 nitrogen and oxygen atoms in total. The van der Waals surface area contributed by atoms with Crippen LogP contribution in [-0.4, -0.2) is 47.5 Å². The average Bonchev–Trinajstić information content (AvgIpc) is 3.22. The highest BCUT2D eigenvalue weighted by Crippen LogP contribution is 2.70. The highest BCUT2D eigenvalue weighted by Gasteiger charge is 2.80. The number of benzene rings is 1. The number of carbonyl (C=O) groups is 1. The molecule has 1 spiro atoms. The first kappa shape index (κ1) is 13.6. The lowest BCUT2D eigenvalue weighted by molar-refractivity contribution is -0.242. The van der Waals surface area contributed by atoms with Crippen LogP contribution in [0, 0.1) is 0 Å². The normalized spacial score (nSPS) is 44.6. The number of ether oxygens (including phenoxy) is 3. The Bertz CT molecular complexity index is 809. The standard InChI is InChI=1S/C18H19NO5/c1-19-5-4-16-3-2-15(20)18(21)17(16,19)8-14(24-18)10-6-12-13(7-11(10)16)23-9-22-12/h6-7,14,21H,2-5,8-9H2,1H3. The van der Waals surface area contributed by atoms with E-state index in [9.17, 15) is 9.90 Å². The predicted molar refractivity (Wildman–Crippen MR) is 81.9 cm³/mol. The van der Waals surface area contributed by atoms with Gasteiger partial charge in [0.05, 0.1) is 11.6 Å². The molecule has 2 saturated heterocycles. The second kappa shape index (κ2) is 3.79. The van der Waals surface area contributed by atoms with Gasteiger partial charge in [0.25, 0.3) is 0 Å². The molecule has 6 heteroatoms. The van der Waals surface area contributed by atoms with E-state index in [0.29, 0.717) is 12.8 Å². The molecule has 4 unspecified atom stereocenters. The molecule has 1 aromatic carbocycles. The molecule has 2 aliphatic carbocycles. The van der Waals surface area contributed by atoms with Gasteiger partial charge in [0.1, 0.15) is 0 Å². The van der Waals surface area contributed by atoms with Crippen LogP contribution in [0.15, 0.2) is 12.1 Å². The SMILES string of the molecule is CN1CCC23CCC(=O)C4(O)OC(CC142)c1cc2c(cc13)OCO2. The molecule has 2 bridgehead atoms. The summed E-state index contributed by atoms with van der Waals surface area (Å²) in [5.41, 5.74) is 1.29. The Morgan fingerprint density at radius 1 is 1.25 bits per heavy atom. The van der Waals surface area contributed by atoms with Crippen LogP contribution in [0.2, 0.25) is 0 Å². The summed E-state index contributed by atoms with van der Waals surface area (Å²) in [5.74, 6) is -0.407. The molecule has 6 rings (SSSR count).